The molecule has 0 saturated carbocycles. The normalized spacial score (nSPS) is 10.2. The van der Waals surface area contributed by atoms with Crippen LogP contribution in [0.25, 0.3) is 10.9 Å². The van der Waals surface area contributed by atoms with E-state index in [1.165, 1.54) is 0 Å². The number of aryl methyl sites for hydroxylation is 1. The molecule has 0 spiro atoms. The summed E-state index contributed by atoms with van der Waals surface area (Å²) in [6.45, 7) is 2.90. The molecule has 2 aromatic rings. The van der Waals surface area contributed by atoms with Crippen molar-refractivity contribution in [2.75, 3.05) is 0 Å². The van der Waals surface area contributed by atoms with Crippen molar-refractivity contribution in [2.45, 2.75) is 13.5 Å². The first-order valence-electron chi connectivity index (χ1n) is 4.21. The predicted octanol–water partition coefficient (Wildman–Crippen LogP) is 1.93. The third kappa shape index (κ3) is 1.27. The molecule has 0 amide bonds. The van der Waals surface area contributed by atoms with Crippen LogP contribution in [0, 0.1) is 11.3 Å². The van der Waals surface area contributed by atoms with Gasteiger partial charge in [0.2, 0.25) is 0 Å². The van der Waals surface area contributed by atoms with E-state index in [0.717, 1.165) is 17.4 Å². The highest BCUT2D eigenvalue weighted by molar-refractivity contribution is 5.79. The molecular weight excluding hydrogens is 162 g/mol. The van der Waals surface area contributed by atoms with Crippen molar-refractivity contribution in [1.29, 1.82) is 5.26 Å². The van der Waals surface area contributed by atoms with Crippen LogP contribution in [0.2, 0.25) is 0 Å². The van der Waals surface area contributed by atoms with Crippen molar-refractivity contribution in [3.63, 3.8) is 0 Å². The van der Waals surface area contributed by atoms with E-state index in [9.17, 15) is 0 Å². The van der Waals surface area contributed by atoms with Crippen molar-refractivity contribution in [1.82, 2.24) is 9.78 Å². The van der Waals surface area contributed by atoms with Crippen molar-refractivity contribution >= 4 is 10.9 Å². The summed E-state index contributed by atoms with van der Waals surface area (Å²) in [5, 5.41) is 14.1. The van der Waals surface area contributed by atoms with E-state index in [2.05, 4.69) is 11.2 Å². The number of fused-ring (bicyclic) bond motifs is 1. The molecule has 64 valence electrons. The number of nitriles is 1. The number of rotatable bonds is 1. The Morgan fingerprint density at radius 1 is 1.54 bits per heavy atom. The molecule has 13 heavy (non-hydrogen) atoms. The van der Waals surface area contributed by atoms with Crippen molar-refractivity contribution in [2.24, 2.45) is 0 Å². The van der Waals surface area contributed by atoms with Crippen molar-refractivity contribution in [3.05, 3.63) is 30.0 Å². The highest BCUT2D eigenvalue weighted by atomic mass is 15.3. The largest absolute Gasteiger partial charge is 0.272 e. The average Bonchev–Trinajstić information content (AvgIpc) is 2.58. The minimum atomic E-state index is 0.661. The van der Waals surface area contributed by atoms with E-state index < -0.39 is 0 Å². The summed E-state index contributed by atoms with van der Waals surface area (Å²) in [6.07, 6.45) is 1.98. The van der Waals surface area contributed by atoms with Crippen LogP contribution < -0.4 is 0 Å². The first-order valence-corrected chi connectivity index (χ1v) is 4.21. The summed E-state index contributed by atoms with van der Waals surface area (Å²) in [6, 6.07) is 7.64. The lowest BCUT2D eigenvalue weighted by atomic mass is 10.2. The number of aromatic nitrogens is 2. The fourth-order valence-electron chi connectivity index (χ4n) is 1.30. The summed E-state index contributed by atoms with van der Waals surface area (Å²) in [4.78, 5) is 0. The van der Waals surface area contributed by atoms with Crippen molar-refractivity contribution in [3.8, 4) is 6.07 Å². The third-order valence-corrected chi connectivity index (χ3v) is 2.01. The van der Waals surface area contributed by atoms with Gasteiger partial charge in [-0.2, -0.15) is 10.4 Å². The van der Waals surface area contributed by atoms with Gasteiger partial charge in [0, 0.05) is 18.1 Å². The second-order valence-electron chi connectivity index (χ2n) is 2.87. The average molecular weight is 171 g/mol. The number of benzene rings is 1. The minimum Gasteiger partial charge on any atom is -0.272 e. The number of hydrogen-bond acceptors (Lipinski definition) is 2. The molecule has 0 N–H and O–H groups in total. The molecular formula is C10H9N3. The molecule has 0 bridgehead atoms. The summed E-state index contributed by atoms with van der Waals surface area (Å²) < 4.78 is 1.87. The zero-order valence-corrected chi connectivity index (χ0v) is 7.36. The molecule has 0 aliphatic rings. The van der Waals surface area contributed by atoms with Crippen LogP contribution in [0.15, 0.2) is 24.4 Å². The topological polar surface area (TPSA) is 41.6 Å². The molecule has 0 saturated heterocycles. The summed E-state index contributed by atoms with van der Waals surface area (Å²) >= 11 is 0. The van der Waals surface area contributed by atoms with E-state index in [0.29, 0.717) is 5.56 Å². The predicted molar refractivity (Wildman–Crippen MR) is 50.1 cm³/mol. The molecule has 3 nitrogen and oxygen atoms in total. The molecule has 0 radical (unpaired) electrons. The molecule has 3 heteroatoms. The Labute approximate surface area is 76.2 Å². The summed E-state index contributed by atoms with van der Waals surface area (Å²) in [5.41, 5.74) is 1.55. The summed E-state index contributed by atoms with van der Waals surface area (Å²) in [7, 11) is 0. The van der Waals surface area contributed by atoms with Crippen LogP contribution in [0.1, 0.15) is 12.5 Å². The second kappa shape index (κ2) is 2.91. The molecule has 0 fully saturated rings. The Kier molecular flexibility index (Phi) is 1.75. The van der Waals surface area contributed by atoms with Gasteiger partial charge in [-0.25, -0.2) is 0 Å². The van der Waals surface area contributed by atoms with E-state index in [1.54, 1.807) is 0 Å². The SMILES string of the molecule is CCn1cc2ccc(C#N)cc2n1. The maximum atomic E-state index is 8.68. The Morgan fingerprint density at radius 2 is 2.38 bits per heavy atom. The molecule has 2 rings (SSSR count). The maximum Gasteiger partial charge on any atom is 0.0992 e. The third-order valence-electron chi connectivity index (χ3n) is 2.01. The highest BCUT2D eigenvalue weighted by Crippen LogP contribution is 2.13. The van der Waals surface area contributed by atoms with Crippen LogP contribution >= 0.6 is 0 Å². The zero-order valence-electron chi connectivity index (χ0n) is 7.36. The number of hydrogen-bond donors (Lipinski definition) is 0. The van der Waals surface area contributed by atoms with Crippen LogP contribution in [0.3, 0.4) is 0 Å². The van der Waals surface area contributed by atoms with Crippen molar-refractivity contribution < 1.29 is 0 Å². The summed E-state index contributed by atoms with van der Waals surface area (Å²) in [5.74, 6) is 0. The Bertz CT molecular complexity index is 476. The van der Waals surface area contributed by atoms with Crippen LogP contribution in [0.5, 0.6) is 0 Å². The van der Waals surface area contributed by atoms with Gasteiger partial charge in [0.15, 0.2) is 0 Å². The van der Waals surface area contributed by atoms with Gasteiger partial charge in [0.25, 0.3) is 0 Å². The van der Waals surface area contributed by atoms with Crippen LogP contribution in [-0.2, 0) is 6.54 Å². The molecule has 0 aliphatic carbocycles. The molecule has 0 atom stereocenters. The van der Waals surface area contributed by atoms with Crippen LogP contribution in [-0.4, -0.2) is 9.78 Å². The zero-order chi connectivity index (χ0) is 9.26. The Balaban J connectivity index is 2.65. The quantitative estimate of drug-likeness (QED) is 0.657. The lowest BCUT2D eigenvalue weighted by Crippen LogP contribution is -1.92. The smallest absolute Gasteiger partial charge is 0.0992 e. The first-order chi connectivity index (χ1) is 6.33. The monoisotopic (exact) mass is 171 g/mol. The molecule has 0 aliphatic heterocycles. The van der Waals surface area contributed by atoms with Gasteiger partial charge in [-0.3, -0.25) is 4.68 Å². The molecule has 0 unspecified atom stereocenters. The maximum absolute atomic E-state index is 8.68. The fraction of sp³-hybridized carbons (Fsp3) is 0.200. The molecule has 1 aromatic heterocycles. The van der Waals surface area contributed by atoms with E-state index >= 15 is 0 Å². The Morgan fingerprint density at radius 3 is 3.08 bits per heavy atom. The number of nitrogens with zero attached hydrogens (tertiary/aromatic N) is 3. The van der Waals surface area contributed by atoms with Gasteiger partial charge in [-0.05, 0) is 25.1 Å². The first kappa shape index (κ1) is 7.81. The van der Waals surface area contributed by atoms with Gasteiger partial charge in [-0.15, -0.1) is 0 Å². The van der Waals surface area contributed by atoms with E-state index in [4.69, 9.17) is 5.26 Å². The Hall–Kier alpha value is -1.82. The lowest BCUT2D eigenvalue weighted by molar-refractivity contribution is 0.668. The van der Waals surface area contributed by atoms with E-state index in [1.807, 2.05) is 36.0 Å². The molecule has 1 heterocycles. The van der Waals surface area contributed by atoms with Gasteiger partial charge < -0.3 is 0 Å². The fourth-order valence-corrected chi connectivity index (χ4v) is 1.30. The minimum absolute atomic E-state index is 0.661. The second-order valence-corrected chi connectivity index (χ2v) is 2.87. The van der Waals surface area contributed by atoms with Crippen LogP contribution in [0.4, 0.5) is 0 Å². The van der Waals surface area contributed by atoms with Gasteiger partial charge in [0.1, 0.15) is 0 Å². The lowest BCUT2D eigenvalue weighted by Gasteiger charge is -1.88. The standard InChI is InChI=1S/C10H9N3/c1-2-13-7-9-4-3-8(6-11)5-10(9)12-13/h3-5,7H,2H2,1H3. The van der Waals surface area contributed by atoms with Gasteiger partial charge >= 0.3 is 0 Å². The van der Waals surface area contributed by atoms with Gasteiger partial charge in [-0.1, -0.05) is 0 Å². The highest BCUT2D eigenvalue weighted by Gasteiger charge is 1.99. The van der Waals surface area contributed by atoms with Gasteiger partial charge in [0.05, 0.1) is 17.1 Å². The molecule has 1 aromatic carbocycles. The van der Waals surface area contributed by atoms with E-state index in [-0.39, 0.29) is 0 Å².